The van der Waals surface area contributed by atoms with Crippen LogP contribution in [0.1, 0.15) is 58.8 Å². The number of hydrogen-bond donors (Lipinski definition) is 3. The third-order valence-corrected chi connectivity index (χ3v) is 9.11. The van der Waals surface area contributed by atoms with Crippen LogP contribution in [0.3, 0.4) is 0 Å². The van der Waals surface area contributed by atoms with E-state index in [4.69, 9.17) is 4.84 Å². The molecule has 6 nitrogen and oxygen atoms in total. The van der Waals surface area contributed by atoms with Gasteiger partial charge in [-0.05, 0) is 74.2 Å². The molecule has 3 N–H and O–H groups in total. The summed E-state index contributed by atoms with van der Waals surface area (Å²) in [5, 5.41) is 26.9. The molecule has 6 heteroatoms. The molecule has 4 aliphatic rings. The highest BCUT2D eigenvalue weighted by molar-refractivity contribution is 5.73. The summed E-state index contributed by atoms with van der Waals surface area (Å²) < 4.78 is 0. The molecule has 0 aliphatic heterocycles. The van der Waals surface area contributed by atoms with E-state index in [1.807, 2.05) is 0 Å². The van der Waals surface area contributed by atoms with Crippen molar-refractivity contribution in [2.45, 2.75) is 76.5 Å². The van der Waals surface area contributed by atoms with E-state index in [9.17, 15) is 15.0 Å². The number of amides is 2. The van der Waals surface area contributed by atoms with Gasteiger partial charge in [-0.25, -0.2) is 9.86 Å². The third kappa shape index (κ3) is 2.53. The Kier molecular flexibility index (Phi) is 4.64. The maximum absolute atomic E-state index is 12.6. The van der Waals surface area contributed by atoms with Gasteiger partial charge in [0.1, 0.15) is 0 Å². The van der Waals surface area contributed by atoms with Crippen molar-refractivity contribution in [2.24, 2.45) is 28.6 Å². The van der Waals surface area contributed by atoms with Gasteiger partial charge in [-0.3, -0.25) is 4.84 Å². The van der Waals surface area contributed by atoms with Crippen molar-refractivity contribution in [3.8, 4) is 0 Å². The molecule has 2 amide bonds. The number of nitrogens with one attached hydrogen (secondary N) is 1. The van der Waals surface area contributed by atoms with Gasteiger partial charge >= 0.3 is 6.03 Å². The van der Waals surface area contributed by atoms with Crippen LogP contribution in [0, 0.1) is 28.6 Å². The Morgan fingerprint density at radius 2 is 2.00 bits per heavy atom. The van der Waals surface area contributed by atoms with Crippen LogP contribution in [0.2, 0.25) is 0 Å². The molecule has 4 aliphatic carbocycles. The van der Waals surface area contributed by atoms with Crippen molar-refractivity contribution in [1.82, 2.24) is 10.4 Å². The van der Waals surface area contributed by atoms with Crippen molar-refractivity contribution in [3.63, 3.8) is 0 Å². The van der Waals surface area contributed by atoms with Crippen LogP contribution in [-0.2, 0) is 4.84 Å². The molecule has 4 fully saturated rings. The topological polar surface area (TPSA) is 82.0 Å². The van der Waals surface area contributed by atoms with Crippen molar-refractivity contribution >= 4 is 6.03 Å². The Morgan fingerprint density at radius 3 is 2.68 bits per heavy atom. The summed E-state index contributed by atoms with van der Waals surface area (Å²) in [4.78, 5) is 17.6. The summed E-state index contributed by atoms with van der Waals surface area (Å²) in [6.07, 6.45) is 5.51. The maximum Gasteiger partial charge on any atom is 0.341 e. The van der Waals surface area contributed by atoms with Crippen LogP contribution >= 0.6 is 0 Å². The summed E-state index contributed by atoms with van der Waals surface area (Å²) in [5.74, 6) is 0.540. The number of urea groups is 1. The monoisotopic (exact) mass is 392 g/mol. The number of rotatable bonds is 2. The molecule has 0 radical (unpaired) electrons. The molecule has 0 saturated heterocycles. The van der Waals surface area contributed by atoms with Crippen LogP contribution in [0.15, 0.2) is 12.2 Å². The van der Waals surface area contributed by atoms with Gasteiger partial charge in [0, 0.05) is 18.0 Å². The highest BCUT2D eigenvalue weighted by atomic mass is 16.7. The van der Waals surface area contributed by atoms with E-state index in [2.05, 4.69) is 25.7 Å². The average Bonchev–Trinajstić information content (AvgIpc) is 2.81. The van der Waals surface area contributed by atoms with Crippen molar-refractivity contribution in [2.75, 3.05) is 14.2 Å². The fourth-order valence-electron chi connectivity index (χ4n) is 8.03. The number of carbonyl (C=O) groups is 1. The molecule has 28 heavy (non-hydrogen) atoms. The first-order valence-corrected chi connectivity index (χ1v) is 10.7. The molecule has 0 aromatic rings. The number of nitrogens with zero attached hydrogens (tertiary/aromatic N) is 1. The fraction of sp³-hybridized carbons (Fsp3) is 0.864. The summed E-state index contributed by atoms with van der Waals surface area (Å²) in [5.41, 5.74) is 0.198. The number of aliphatic hydroxyl groups excluding tert-OH is 2. The largest absolute Gasteiger partial charge is 0.393 e. The van der Waals surface area contributed by atoms with Crippen LogP contribution in [0.5, 0.6) is 0 Å². The predicted molar refractivity (Wildman–Crippen MR) is 106 cm³/mol. The lowest BCUT2D eigenvalue weighted by Crippen LogP contribution is -2.67. The predicted octanol–water partition coefficient (Wildman–Crippen LogP) is 2.85. The molecule has 158 valence electrons. The summed E-state index contributed by atoms with van der Waals surface area (Å²) in [6.45, 7) is 8.63. The summed E-state index contributed by atoms with van der Waals surface area (Å²) >= 11 is 0. The first-order valence-electron chi connectivity index (χ1n) is 10.7. The van der Waals surface area contributed by atoms with E-state index in [0.717, 1.165) is 44.1 Å². The lowest BCUT2D eigenvalue weighted by atomic mass is 9.41. The van der Waals surface area contributed by atoms with E-state index in [-0.39, 0.29) is 40.2 Å². The minimum atomic E-state index is -0.514. The quantitative estimate of drug-likeness (QED) is 0.499. The summed E-state index contributed by atoms with van der Waals surface area (Å²) in [7, 11) is 3.10. The molecular weight excluding hydrogens is 356 g/mol. The Balaban J connectivity index is 1.69. The second-order valence-electron chi connectivity index (χ2n) is 10.4. The number of carbonyl (C=O) groups excluding carboxylic acids is 1. The van der Waals surface area contributed by atoms with Gasteiger partial charge in [0.2, 0.25) is 0 Å². The first kappa shape index (κ1) is 20.2. The van der Waals surface area contributed by atoms with Gasteiger partial charge in [-0.1, -0.05) is 19.9 Å². The minimum absolute atomic E-state index is 0.0425. The fourth-order valence-corrected chi connectivity index (χ4v) is 8.03. The van der Waals surface area contributed by atoms with Gasteiger partial charge < -0.3 is 15.5 Å². The SMILES string of the molecule is C=C1[C@H]2C[C@H](O)[C@H]3[C@]4(C)CCC[C@@](C)(NC(=O)N(C)OC)[C@H]4CC[C@]3(C2)[C@@H]1O. The maximum atomic E-state index is 12.6. The molecule has 0 aromatic heterocycles. The smallest absolute Gasteiger partial charge is 0.341 e. The Hall–Kier alpha value is -1.11. The molecule has 1 spiro atoms. The first-order chi connectivity index (χ1) is 13.1. The Morgan fingerprint density at radius 1 is 1.29 bits per heavy atom. The Bertz CT molecular complexity index is 683. The standard InChI is InChI=1S/C22H36N2O4/c1-13-14-11-15(25)17-20(2)8-6-9-21(3,23-19(27)24(4)28-5)16(20)7-10-22(17,12-14)18(13)26/h14-18,25-26H,1,6-12H2,2-5H3,(H,23,27)/t14-,15-,16-,17-,18+,20+,21+,22+/m0/s1. The van der Waals surface area contributed by atoms with Crippen LogP contribution in [-0.4, -0.2) is 53.2 Å². The Labute approximate surface area is 168 Å². The lowest BCUT2D eigenvalue weighted by molar-refractivity contribution is -0.196. The van der Waals surface area contributed by atoms with Crippen molar-refractivity contribution in [1.29, 1.82) is 0 Å². The second-order valence-corrected chi connectivity index (χ2v) is 10.4. The highest BCUT2D eigenvalue weighted by Crippen LogP contribution is 2.70. The molecular formula is C22H36N2O4. The third-order valence-electron chi connectivity index (χ3n) is 9.11. The molecule has 2 bridgehead atoms. The van der Waals surface area contributed by atoms with Gasteiger partial charge in [-0.2, -0.15) is 0 Å². The zero-order valence-electron chi connectivity index (χ0n) is 17.7. The molecule has 4 rings (SSSR count). The molecule has 8 atom stereocenters. The van der Waals surface area contributed by atoms with Crippen LogP contribution < -0.4 is 5.32 Å². The molecule has 0 heterocycles. The number of hydroxylamine groups is 2. The van der Waals surface area contributed by atoms with Crippen molar-refractivity contribution < 1.29 is 19.8 Å². The van der Waals surface area contributed by atoms with Crippen LogP contribution in [0.4, 0.5) is 4.79 Å². The zero-order chi connectivity index (χ0) is 20.5. The van der Waals surface area contributed by atoms with E-state index in [1.165, 1.54) is 12.2 Å². The number of fused-ring (bicyclic) bond motifs is 3. The summed E-state index contributed by atoms with van der Waals surface area (Å²) in [6, 6.07) is -0.229. The van der Waals surface area contributed by atoms with Gasteiger partial charge in [-0.15, -0.1) is 0 Å². The average molecular weight is 393 g/mol. The van der Waals surface area contributed by atoms with Gasteiger partial charge in [0.25, 0.3) is 0 Å². The normalized spacial score (nSPS) is 49.9. The number of aliphatic hydroxyl groups is 2. The highest BCUT2D eigenvalue weighted by Gasteiger charge is 2.69. The lowest BCUT2D eigenvalue weighted by Gasteiger charge is -2.65. The van der Waals surface area contributed by atoms with Gasteiger partial charge in [0.05, 0.1) is 19.3 Å². The van der Waals surface area contributed by atoms with E-state index >= 15 is 0 Å². The minimum Gasteiger partial charge on any atom is -0.393 e. The van der Waals surface area contributed by atoms with Crippen LogP contribution in [0.25, 0.3) is 0 Å². The second kappa shape index (κ2) is 6.44. The molecule has 0 unspecified atom stereocenters. The zero-order valence-corrected chi connectivity index (χ0v) is 17.7. The number of hydrogen-bond acceptors (Lipinski definition) is 4. The molecule has 4 saturated carbocycles. The van der Waals surface area contributed by atoms with Crippen molar-refractivity contribution in [3.05, 3.63) is 12.2 Å². The van der Waals surface area contributed by atoms with E-state index < -0.39 is 12.2 Å². The van der Waals surface area contributed by atoms with E-state index in [0.29, 0.717) is 6.42 Å². The van der Waals surface area contributed by atoms with E-state index in [1.54, 1.807) is 7.05 Å². The molecule has 0 aromatic carbocycles. The van der Waals surface area contributed by atoms with Gasteiger partial charge in [0.15, 0.2) is 0 Å².